The molecule has 1 aromatic heterocycles. The van der Waals surface area contributed by atoms with E-state index in [2.05, 4.69) is 4.98 Å². The Morgan fingerprint density at radius 3 is 2.36 bits per heavy atom. The lowest BCUT2D eigenvalue weighted by atomic mass is 10.2. The van der Waals surface area contributed by atoms with Gasteiger partial charge in [-0.1, -0.05) is 11.6 Å². The van der Waals surface area contributed by atoms with Crippen molar-refractivity contribution in [3.05, 3.63) is 22.8 Å². The third-order valence-electron chi connectivity index (χ3n) is 3.38. The van der Waals surface area contributed by atoms with Gasteiger partial charge in [-0.2, -0.15) is 13.2 Å². The Kier molecular flexibility index (Phi) is 5.07. The van der Waals surface area contributed by atoms with Gasteiger partial charge < -0.3 is 9.80 Å². The number of rotatable bonds is 2. The van der Waals surface area contributed by atoms with Crippen molar-refractivity contribution in [3.63, 3.8) is 0 Å². The van der Waals surface area contributed by atoms with Gasteiger partial charge in [0, 0.05) is 32.4 Å². The number of carbonyl (C=O) groups excluding carboxylic acids is 1. The van der Waals surface area contributed by atoms with E-state index in [0.717, 1.165) is 12.3 Å². The molecule has 22 heavy (non-hydrogen) atoms. The van der Waals surface area contributed by atoms with Crippen LogP contribution in [0.15, 0.2) is 12.3 Å². The van der Waals surface area contributed by atoms with Crippen molar-refractivity contribution in [2.75, 3.05) is 31.1 Å². The van der Waals surface area contributed by atoms with Gasteiger partial charge in [-0.25, -0.2) is 4.98 Å². The SMILES string of the molecule is CC(Cl)C(=O)N1CCN(c2ncc(C(F)(F)F)cc2Cl)CC1. The summed E-state index contributed by atoms with van der Waals surface area (Å²) in [5.74, 6) is 0.133. The summed E-state index contributed by atoms with van der Waals surface area (Å²) in [6.45, 7) is 3.33. The van der Waals surface area contributed by atoms with Crippen LogP contribution in [0.2, 0.25) is 5.02 Å². The van der Waals surface area contributed by atoms with Gasteiger partial charge in [-0.3, -0.25) is 4.79 Å². The van der Waals surface area contributed by atoms with Gasteiger partial charge in [0.25, 0.3) is 0 Å². The van der Waals surface area contributed by atoms with E-state index in [1.165, 1.54) is 0 Å². The second-order valence-corrected chi connectivity index (χ2v) is 6.02. The molecule has 0 N–H and O–H groups in total. The number of carbonyl (C=O) groups is 1. The molecule has 1 aromatic rings. The molecule has 1 saturated heterocycles. The van der Waals surface area contributed by atoms with E-state index in [0.29, 0.717) is 32.0 Å². The minimum absolute atomic E-state index is 0.0553. The molecule has 1 amide bonds. The molecule has 1 unspecified atom stereocenters. The van der Waals surface area contributed by atoms with Crippen LogP contribution < -0.4 is 4.90 Å². The van der Waals surface area contributed by atoms with E-state index in [4.69, 9.17) is 23.2 Å². The predicted molar refractivity (Wildman–Crippen MR) is 78.4 cm³/mol. The van der Waals surface area contributed by atoms with Crippen LogP contribution in [0, 0.1) is 0 Å². The van der Waals surface area contributed by atoms with Crippen LogP contribution in [0.4, 0.5) is 19.0 Å². The first-order valence-corrected chi connectivity index (χ1v) is 7.42. The lowest BCUT2D eigenvalue weighted by Crippen LogP contribution is -2.50. The number of amides is 1. The lowest BCUT2D eigenvalue weighted by Gasteiger charge is -2.36. The highest BCUT2D eigenvalue weighted by Crippen LogP contribution is 2.33. The maximum absolute atomic E-state index is 12.6. The van der Waals surface area contributed by atoms with Crippen molar-refractivity contribution >= 4 is 34.9 Å². The molecule has 9 heteroatoms. The number of alkyl halides is 4. The van der Waals surface area contributed by atoms with Crippen molar-refractivity contribution in [1.82, 2.24) is 9.88 Å². The predicted octanol–water partition coefficient (Wildman–Crippen LogP) is 3.03. The highest BCUT2D eigenvalue weighted by Gasteiger charge is 2.32. The molecule has 122 valence electrons. The average Bonchev–Trinajstić information content (AvgIpc) is 2.45. The van der Waals surface area contributed by atoms with Gasteiger partial charge in [0.15, 0.2) is 0 Å². The smallest absolute Gasteiger partial charge is 0.352 e. The molecule has 1 aliphatic rings. The molecular formula is C13H14Cl2F3N3O. The summed E-state index contributed by atoms with van der Waals surface area (Å²) in [7, 11) is 0. The number of nitrogens with zero attached hydrogens (tertiary/aromatic N) is 3. The average molecular weight is 356 g/mol. The maximum Gasteiger partial charge on any atom is 0.417 e. The van der Waals surface area contributed by atoms with Crippen LogP contribution in [0.5, 0.6) is 0 Å². The van der Waals surface area contributed by atoms with E-state index in [1.54, 1.807) is 16.7 Å². The Bertz CT molecular complexity index is 558. The van der Waals surface area contributed by atoms with Crippen LogP contribution in [0.3, 0.4) is 0 Å². The summed E-state index contributed by atoms with van der Waals surface area (Å²) < 4.78 is 37.8. The molecule has 0 spiro atoms. The van der Waals surface area contributed by atoms with E-state index >= 15 is 0 Å². The van der Waals surface area contributed by atoms with Gasteiger partial charge >= 0.3 is 6.18 Å². The highest BCUT2D eigenvalue weighted by molar-refractivity contribution is 6.33. The zero-order chi connectivity index (χ0) is 16.5. The van der Waals surface area contributed by atoms with Crippen LogP contribution >= 0.6 is 23.2 Å². The van der Waals surface area contributed by atoms with Crippen LogP contribution in [-0.2, 0) is 11.0 Å². The van der Waals surface area contributed by atoms with Gasteiger partial charge in [-0.15, -0.1) is 11.6 Å². The molecule has 1 atom stereocenters. The Labute approximate surface area is 135 Å². The summed E-state index contributed by atoms with van der Waals surface area (Å²) in [6, 6.07) is 0.863. The van der Waals surface area contributed by atoms with E-state index in [9.17, 15) is 18.0 Å². The quantitative estimate of drug-likeness (QED) is 0.765. The molecule has 0 aliphatic carbocycles. The standard InChI is InChI=1S/C13H14Cl2F3N3O/c1-8(14)12(22)21-4-2-20(3-5-21)11-10(15)6-9(7-19-11)13(16,17)18/h6-8H,2-5H2,1H3. The maximum atomic E-state index is 12.6. The van der Waals surface area contributed by atoms with Gasteiger partial charge in [-0.05, 0) is 13.0 Å². The lowest BCUT2D eigenvalue weighted by molar-refractivity contribution is -0.137. The van der Waals surface area contributed by atoms with Crippen molar-refractivity contribution in [2.45, 2.75) is 18.5 Å². The fourth-order valence-corrected chi connectivity index (χ4v) is 2.63. The second-order valence-electron chi connectivity index (χ2n) is 4.96. The Morgan fingerprint density at radius 2 is 1.91 bits per heavy atom. The minimum atomic E-state index is -4.48. The number of piperazine rings is 1. The molecule has 0 aromatic carbocycles. The van der Waals surface area contributed by atoms with E-state index in [-0.39, 0.29) is 10.9 Å². The van der Waals surface area contributed by atoms with Crippen molar-refractivity contribution in [3.8, 4) is 0 Å². The summed E-state index contributed by atoms with van der Waals surface area (Å²) in [5, 5.41) is -0.653. The van der Waals surface area contributed by atoms with Gasteiger partial charge in [0.05, 0.1) is 10.6 Å². The highest BCUT2D eigenvalue weighted by atomic mass is 35.5. The number of anilines is 1. The molecule has 2 heterocycles. The topological polar surface area (TPSA) is 36.4 Å². The second kappa shape index (κ2) is 6.50. The number of pyridine rings is 1. The monoisotopic (exact) mass is 355 g/mol. The summed E-state index contributed by atoms with van der Waals surface area (Å²) in [5.41, 5.74) is -0.883. The third-order valence-corrected chi connectivity index (χ3v) is 3.85. The number of hydrogen-bond donors (Lipinski definition) is 0. The van der Waals surface area contributed by atoms with Crippen LogP contribution in [0.25, 0.3) is 0 Å². The third kappa shape index (κ3) is 3.76. The Hall–Kier alpha value is -1.21. The zero-order valence-electron chi connectivity index (χ0n) is 11.7. The number of hydrogen-bond acceptors (Lipinski definition) is 3. The molecule has 0 saturated carbocycles. The van der Waals surface area contributed by atoms with Gasteiger partial charge in [0.2, 0.25) is 5.91 Å². The van der Waals surface area contributed by atoms with Crippen LogP contribution in [-0.4, -0.2) is 47.3 Å². The summed E-state index contributed by atoms with van der Waals surface area (Å²) >= 11 is 11.7. The normalized spacial score (nSPS) is 17.5. The van der Waals surface area contributed by atoms with Crippen molar-refractivity contribution in [2.24, 2.45) is 0 Å². The molecule has 1 aliphatic heterocycles. The van der Waals surface area contributed by atoms with Crippen molar-refractivity contribution in [1.29, 1.82) is 0 Å². The number of aromatic nitrogens is 1. The first kappa shape index (κ1) is 17.1. The Morgan fingerprint density at radius 1 is 1.32 bits per heavy atom. The summed E-state index contributed by atoms with van der Waals surface area (Å²) in [4.78, 5) is 19.0. The van der Waals surface area contributed by atoms with Crippen LogP contribution in [0.1, 0.15) is 12.5 Å². The minimum Gasteiger partial charge on any atom is -0.352 e. The number of halogens is 5. The molecule has 1 fully saturated rings. The first-order chi connectivity index (χ1) is 10.2. The molecule has 2 rings (SSSR count). The largest absolute Gasteiger partial charge is 0.417 e. The fourth-order valence-electron chi connectivity index (χ4n) is 2.21. The zero-order valence-corrected chi connectivity index (χ0v) is 13.2. The summed E-state index contributed by atoms with van der Waals surface area (Å²) in [6.07, 6.45) is -3.71. The van der Waals surface area contributed by atoms with E-state index in [1.807, 2.05) is 0 Å². The molecular weight excluding hydrogens is 342 g/mol. The Balaban J connectivity index is 2.07. The van der Waals surface area contributed by atoms with Crippen molar-refractivity contribution < 1.29 is 18.0 Å². The first-order valence-electron chi connectivity index (χ1n) is 6.60. The fraction of sp³-hybridized carbons (Fsp3) is 0.538. The van der Waals surface area contributed by atoms with E-state index < -0.39 is 17.1 Å². The molecule has 0 bridgehead atoms. The molecule has 0 radical (unpaired) electrons. The molecule has 4 nitrogen and oxygen atoms in total. The van der Waals surface area contributed by atoms with Gasteiger partial charge in [0.1, 0.15) is 11.2 Å².